The van der Waals surface area contributed by atoms with Gasteiger partial charge in [0.05, 0.1) is 5.56 Å². The van der Waals surface area contributed by atoms with Crippen molar-refractivity contribution in [2.24, 2.45) is 11.8 Å². The minimum atomic E-state index is -0.0276. The van der Waals surface area contributed by atoms with E-state index >= 15 is 0 Å². The van der Waals surface area contributed by atoms with E-state index in [1.165, 1.54) is 0 Å². The summed E-state index contributed by atoms with van der Waals surface area (Å²) in [6.45, 7) is 12.2. The molecule has 3 heteroatoms. The first-order valence-corrected chi connectivity index (χ1v) is 8.34. The quantitative estimate of drug-likeness (QED) is 0.689. The zero-order chi connectivity index (χ0) is 18.3. The fourth-order valence-corrected chi connectivity index (χ4v) is 2.85. The van der Waals surface area contributed by atoms with Crippen molar-refractivity contribution in [1.29, 1.82) is 10.5 Å². The maximum absolute atomic E-state index is 9.68. The minimum Gasteiger partial charge on any atom is -0.488 e. The molecule has 0 aliphatic rings. The van der Waals surface area contributed by atoms with Gasteiger partial charge in [-0.15, -0.1) is 0 Å². The molecule has 0 aliphatic carbocycles. The highest BCUT2D eigenvalue weighted by molar-refractivity contribution is 5.74. The molecule has 0 aliphatic heterocycles. The van der Waals surface area contributed by atoms with Crippen LogP contribution in [0.25, 0.3) is 12.2 Å². The summed E-state index contributed by atoms with van der Waals surface area (Å²) in [6, 6.07) is 6.25. The number of allylic oxidation sites excluding steroid dienone is 2. The fourth-order valence-electron chi connectivity index (χ4n) is 2.85. The molecule has 1 aromatic rings. The van der Waals surface area contributed by atoms with Gasteiger partial charge in [0.25, 0.3) is 0 Å². The van der Waals surface area contributed by atoms with Gasteiger partial charge in [-0.1, -0.05) is 52.0 Å². The van der Waals surface area contributed by atoms with E-state index in [1.54, 1.807) is 0 Å². The molecule has 0 saturated carbocycles. The Morgan fingerprint density at radius 1 is 0.875 bits per heavy atom. The number of nitriles is 2. The molecule has 0 aromatic heterocycles. The molecule has 0 fully saturated rings. The third-order valence-electron chi connectivity index (χ3n) is 3.82. The van der Waals surface area contributed by atoms with Gasteiger partial charge in [0.15, 0.2) is 0 Å². The van der Waals surface area contributed by atoms with Crippen LogP contribution in [0.15, 0.2) is 18.2 Å². The second-order valence-corrected chi connectivity index (χ2v) is 6.43. The van der Waals surface area contributed by atoms with Crippen molar-refractivity contribution in [3.8, 4) is 17.9 Å². The number of nitrogens with zero attached hydrogens (tertiary/aromatic N) is 2. The summed E-state index contributed by atoms with van der Waals surface area (Å²) in [7, 11) is 0. The smallest absolute Gasteiger partial charge is 0.146 e. The number of ether oxygens (including phenoxy) is 1. The Bertz CT molecular complexity index is 705. The lowest BCUT2D eigenvalue weighted by molar-refractivity contribution is 0.104. The maximum atomic E-state index is 9.68. The van der Waals surface area contributed by atoms with E-state index in [-0.39, 0.29) is 6.10 Å². The second kappa shape index (κ2) is 8.94. The molecule has 0 atom stereocenters. The lowest BCUT2D eigenvalue weighted by atomic mass is 9.94. The Hall–Kier alpha value is -2.52. The van der Waals surface area contributed by atoms with Crippen LogP contribution >= 0.6 is 0 Å². The van der Waals surface area contributed by atoms with E-state index in [2.05, 4.69) is 39.8 Å². The highest BCUT2D eigenvalue weighted by atomic mass is 16.5. The van der Waals surface area contributed by atoms with Gasteiger partial charge in [-0.25, -0.2) is 0 Å². The van der Waals surface area contributed by atoms with Gasteiger partial charge in [-0.3, -0.25) is 0 Å². The number of benzene rings is 1. The lowest BCUT2D eigenvalue weighted by Crippen LogP contribution is -2.29. The average Bonchev–Trinajstić information content (AvgIpc) is 2.52. The molecule has 1 aromatic carbocycles. The Morgan fingerprint density at radius 2 is 1.38 bits per heavy atom. The van der Waals surface area contributed by atoms with Gasteiger partial charge in [0.1, 0.15) is 29.6 Å². The van der Waals surface area contributed by atoms with E-state index in [0.29, 0.717) is 28.7 Å². The van der Waals surface area contributed by atoms with Crippen LogP contribution in [0.1, 0.15) is 63.8 Å². The van der Waals surface area contributed by atoms with Gasteiger partial charge in [-0.2, -0.15) is 10.5 Å². The van der Waals surface area contributed by atoms with Gasteiger partial charge in [0, 0.05) is 5.56 Å². The summed E-state index contributed by atoms with van der Waals surface area (Å²) in [5.74, 6) is 1.11. The average molecular weight is 322 g/mol. The first-order valence-electron chi connectivity index (χ1n) is 8.34. The molecule has 0 unspecified atom stereocenters. The van der Waals surface area contributed by atoms with Crippen molar-refractivity contribution in [2.45, 2.75) is 47.6 Å². The molecule has 0 saturated heterocycles. The zero-order valence-corrected chi connectivity index (χ0v) is 15.4. The molecular formula is C21H26N2O. The van der Waals surface area contributed by atoms with Gasteiger partial charge in [-0.05, 0) is 37.3 Å². The van der Waals surface area contributed by atoms with Crippen LogP contribution in [0.5, 0.6) is 5.75 Å². The minimum absolute atomic E-state index is 0.0276. The van der Waals surface area contributed by atoms with Crippen molar-refractivity contribution in [1.82, 2.24) is 0 Å². The molecule has 24 heavy (non-hydrogen) atoms. The first-order chi connectivity index (χ1) is 11.4. The standard InChI is InChI=1S/C21H26N2O/c1-7-9-16-11-17(10-8-2)21(19(13-23)18(16)12-22)24-20(14(3)4)15(5)6/h7-11,14-15,20H,1-6H3. The number of hydrogen-bond donors (Lipinski definition) is 0. The van der Waals surface area contributed by atoms with Gasteiger partial charge in [0.2, 0.25) is 0 Å². The Morgan fingerprint density at radius 3 is 1.79 bits per heavy atom. The predicted octanol–water partition coefficient (Wildman–Crippen LogP) is 5.56. The second-order valence-electron chi connectivity index (χ2n) is 6.43. The summed E-state index contributed by atoms with van der Waals surface area (Å²) in [4.78, 5) is 0. The van der Waals surface area contributed by atoms with Crippen LogP contribution in [0, 0.1) is 34.5 Å². The van der Waals surface area contributed by atoms with Crippen LogP contribution in [0.4, 0.5) is 0 Å². The Balaban J connectivity index is 3.68. The van der Waals surface area contributed by atoms with Crippen molar-refractivity contribution in [3.63, 3.8) is 0 Å². The Labute approximate surface area is 145 Å². The van der Waals surface area contributed by atoms with E-state index in [4.69, 9.17) is 4.74 Å². The third-order valence-corrected chi connectivity index (χ3v) is 3.82. The van der Waals surface area contributed by atoms with E-state index in [9.17, 15) is 10.5 Å². The molecule has 3 nitrogen and oxygen atoms in total. The summed E-state index contributed by atoms with van der Waals surface area (Å²) < 4.78 is 6.27. The van der Waals surface area contributed by atoms with Crippen LogP contribution < -0.4 is 4.74 Å². The van der Waals surface area contributed by atoms with Crippen molar-refractivity contribution < 1.29 is 4.74 Å². The van der Waals surface area contributed by atoms with Gasteiger partial charge >= 0.3 is 0 Å². The molecule has 1 rings (SSSR count). The fraction of sp³-hybridized carbons (Fsp3) is 0.429. The predicted molar refractivity (Wildman–Crippen MR) is 99.4 cm³/mol. The highest BCUT2D eigenvalue weighted by Crippen LogP contribution is 2.34. The molecule has 0 amide bonds. The monoisotopic (exact) mass is 322 g/mol. The molecule has 0 N–H and O–H groups in total. The SMILES string of the molecule is CC=Cc1cc(C=CC)c(OC(C(C)C)C(C)C)c(C#N)c1C#N. The molecule has 0 heterocycles. The summed E-state index contributed by atoms with van der Waals surface area (Å²) in [5, 5.41) is 19.2. The normalized spacial score (nSPS) is 11.6. The van der Waals surface area contributed by atoms with Gasteiger partial charge < -0.3 is 4.74 Å². The topological polar surface area (TPSA) is 56.8 Å². The largest absolute Gasteiger partial charge is 0.488 e. The van der Waals surface area contributed by atoms with Crippen molar-refractivity contribution in [2.75, 3.05) is 0 Å². The highest BCUT2D eigenvalue weighted by Gasteiger charge is 2.24. The van der Waals surface area contributed by atoms with E-state index < -0.39 is 0 Å². The lowest BCUT2D eigenvalue weighted by Gasteiger charge is -2.28. The van der Waals surface area contributed by atoms with Crippen LogP contribution in [-0.4, -0.2) is 6.10 Å². The van der Waals surface area contributed by atoms with Crippen molar-refractivity contribution in [3.05, 3.63) is 40.5 Å². The molecule has 0 bridgehead atoms. The molecule has 0 radical (unpaired) electrons. The first kappa shape index (κ1) is 19.5. The molecule has 0 spiro atoms. The van der Waals surface area contributed by atoms with Crippen LogP contribution in [0.3, 0.4) is 0 Å². The van der Waals surface area contributed by atoms with Crippen LogP contribution in [-0.2, 0) is 0 Å². The molecular weight excluding hydrogens is 296 g/mol. The van der Waals surface area contributed by atoms with E-state index in [0.717, 1.165) is 11.1 Å². The van der Waals surface area contributed by atoms with Crippen LogP contribution in [0.2, 0.25) is 0 Å². The Kier molecular flexibility index (Phi) is 7.28. The summed E-state index contributed by atoms with van der Waals surface area (Å²) in [6.07, 6.45) is 7.51. The summed E-state index contributed by atoms with van der Waals surface area (Å²) in [5.41, 5.74) is 2.24. The summed E-state index contributed by atoms with van der Waals surface area (Å²) >= 11 is 0. The molecule has 126 valence electrons. The number of rotatable bonds is 6. The number of hydrogen-bond acceptors (Lipinski definition) is 3. The van der Waals surface area contributed by atoms with E-state index in [1.807, 2.05) is 44.2 Å². The van der Waals surface area contributed by atoms with Crippen molar-refractivity contribution >= 4 is 12.2 Å². The third kappa shape index (κ3) is 4.27. The maximum Gasteiger partial charge on any atom is 0.146 e. The zero-order valence-electron chi connectivity index (χ0n) is 15.4.